The Morgan fingerprint density at radius 3 is 1.61 bits per heavy atom. The molecule has 0 spiro atoms. The van der Waals surface area contributed by atoms with Gasteiger partial charge in [-0.15, -0.1) is 0 Å². The molecule has 0 saturated heterocycles. The third-order valence-electron chi connectivity index (χ3n) is 5.74. The van der Waals surface area contributed by atoms with Gasteiger partial charge in [0, 0.05) is 27.6 Å². The number of nitrogens with zero attached hydrogens (tertiary/aromatic N) is 3. The first-order valence-corrected chi connectivity index (χ1v) is 11.4. The molecule has 0 aromatic carbocycles. The molecule has 0 saturated carbocycles. The molecule has 0 aliphatic rings. The van der Waals surface area contributed by atoms with E-state index in [0.717, 1.165) is 32.1 Å². The zero-order valence-electron chi connectivity index (χ0n) is 19.0. The normalized spacial score (nSPS) is 16.8. The van der Waals surface area contributed by atoms with Crippen molar-refractivity contribution in [3.63, 3.8) is 0 Å². The first-order valence-electron chi connectivity index (χ1n) is 11.4. The molecule has 6 atom stereocenters. The Morgan fingerprint density at radius 1 is 0.667 bits per heavy atom. The van der Waals surface area contributed by atoms with Gasteiger partial charge in [-0.2, -0.15) is 0 Å². The van der Waals surface area contributed by atoms with Crippen molar-refractivity contribution in [3.05, 3.63) is 30.3 Å². The lowest BCUT2D eigenvalue weighted by molar-refractivity contribution is -0.562. The summed E-state index contributed by atoms with van der Waals surface area (Å²) in [5.41, 5.74) is 0. The van der Waals surface area contributed by atoms with Crippen molar-refractivity contribution in [1.82, 2.24) is 0 Å². The van der Waals surface area contributed by atoms with Crippen LogP contribution in [0.3, 0.4) is 0 Å². The molecule has 6 unspecified atom stereocenters. The fraction of sp³-hybridized carbons (Fsp3) is 0.950. The summed E-state index contributed by atoms with van der Waals surface area (Å²) in [7, 11) is 0. The molecule has 13 nitrogen and oxygen atoms in total. The zero-order valence-corrected chi connectivity index (χ0v) is 19.0. The quantitative estimate of drug-likeness (QED) is 0.124. The monoisotopic (exact) mass is 478 g/mol. The predicted molar refractivity (Wildman–Crippen MR) is 117 cm³/mol. The molecular formula is C20H36N3O10. The van der Waals surface area contributed by atoms with Crippen molar-refractivity contribution in [2.75, 3.05) is 0 Å². The van der Waals surface area contributed by atoms with E-state index in [1.165, 1.54) is 0 Å². The van der Waals surface area contributed by atoms with Crippen molar-refractivity contribution in [2.45, 2.75) is 120 Å². The topological polar surface area (TPSA) is 207 Å². The molecule has 13 heteroatoms. The summed E-state index contributed by atoms with van der Waals surface area (Å²) < 4.78 is 0. The number of nitro groups is 3. The Morgan fingerprint density at radius 2 is 1.12 bits per heavy atom. The first kappa shape index (κ1) is 30.8. The van der Waals surface area contributed by atoms with Crippen LogP contribution in [0.25, 0.3) is 0 Å². The number of aliphatic hydroxyl groups is 3. The van der Waals surface area contributed by atoms with Crippen LogP contribution in [-0.4, -0.2) is 72.8 Å². The van der Waals surface area contributed by atoms with Crippen LogP contribution in [0.15, 0.2) is 0 Å². The standard InChI is InChI=1S/C20H36N3O10/c1-2-3-4-5-6-7-11-18(25)16(22(30)31)13-20(27)17(23(32)33)14-19(26)15(21(28)29)10-8-9-12-24/h15-20,25-27H,2-11,13-14H2,1H3. The molecule has 33 heavy (non-hydrogen) atoms. The smallest absolute Gasteiger partial charge is 0.241 e. The van der Waals surface area contributed by atoms with Gasteiger partial charge >= 0.3 is 0 Å². The van der Waals surface area contributed by atoms with Gasteiger partial charge in [0.2, 0.25) is 18.1 Å². The Labute approximate surface area is 192 Å². The van der Waals surface area contributed by atoms with Gasteiger partial charge in [-0.25, -0.2) is 0 Å². The Balaban J connectivity index is 5.04. The van der Waals surface area contributed by atoms with E-state index in [1.807, 2.05) is 0 Å². The molecule has 0 fully saturated rings. The Kier molecular flexibility index (Phi) is 16.1. The van der Waals surface area contributed by atoms with Gasteiger partial charge in [0.25, 0.3) is 0 Å². The average Bonchev–Trinajstić information content (AvgIpc) is 2.74. The third kappa shape index (κ3) is 12.5. The lowest BCUT2D eigenvalue weighted by atomic mass is 9.91. The molecule has 0 aliphatic heterocycles. The summed E-state index contributed by atoms with van der Waals surface area (Å²) in [6.45, 7) is 2.07. The minimum Gasteiger partial charge on any atom is -0.386 e. The average molecular weight is 479 g/mol. The summed E-state index contributed by atoms with van der Waals surface area (Å²) >= 11 is 0. The molecule has 3 N–H and O–H groups in total. The van der Waals surface area contributed by atoms with Gasteiger partial charge in [0.15, 0.2) is 6.29 Å². The van der Waals surface area contributed by atoms with E-state index < -0.39 is 64.0 Å². The number of carbonyl (C=O) groups excluding carboxylic acids is 1. The fourth-order valence-corrected chi connectivity index (χ4v) is 3.72. The van der Waals surface area contributed by atoms with Crippen LogP contribution in [0.5, 0.6) is 0 Å². The van der Waals surface area contributed by atoms with E-state index in [1.54, 1.807) is 6.29 Å². The van der Waals surface area contributed by atoms with E-state index in [-0.39, 0.29) is 25.7 Å². The van der Waals surface area contributed by atoms with E-state index in [9.17, 15) is 50.5 Å². The molecule has 0 rings (SSSR count). The number of rotatable bonds is 21. The molecule has 1 radical (unpaired) electrons. The third-order valence-corrected chi connectivity index (χ3v) is 5.74. The van der Waals surface area contributed by atoms with Gasteiger partial charge in [0.05, 0.1) is 12.8 Å². The van der Waals surface area contributed by atoms with Crippen molar-refractivity contribution in [2.24, 2.45) is 0 Å². The van der Waals surface area contributed by atoms with Crippen LogP contribution < -0.4 is 0 Å². The molecule has 0 aromatic heterocycles. The second-order valence-corrected chi connectivity index (χ2v) is 8.32. The van der Waals surface area contributed by atoms with Gasteiger partial charge in [-0.05, 0) is 12.8 Å². The second-order valence-electron chi connectivity index (χ2n) is 8.32. The maximum Gasteiger partial charge on any atom is 0.241 e. The number of aliphatic hydroxyl groups excluding tert-OH is 3. The Bertz CT molecular complexity index is 607. The zero-order chi connectivity index (χ0) is 25.4. The largest absolute Gasteiger partial charge is 0.386 e. The summed E-state index contributed by atoms with van der Waals surface area (Å²) in [6.07, 6.45) is 0.133. The lowest BCUT2D eigenvalue weighted by Gasteiger charge is -2.23. The van der Waals surface area contributed by atoms with Crippen LogP contribution in [0, 0.1) is 30.3 Å². The second kappa shape index (κ2) is 17.3. The molecular weight excluding hydrogens is 442 g/mol. The maximum absolute atomic E-state index is 11.4. The van der Waals surface area contributed by atoms with Crippen LogP contribution in [0.2, 0.25) is 0 Å². The van der Waals surface area contributed by atoms with E-state index in [0.29, 0.717) is 6.42 Å². The maximum atomic E-state index is 11.4. The number of hydrogen-bond donors (Lipinski definition) is 3. The van der Waals surface area contributed by atoms with E-state index in [2.05, 4.69) is 6.92 Å². The van der Waals surface area contributed by atoms with Crippen LogP contribution >= 0.6 is 0 Å². The van der Waals surface area contributed by atoms with Crippen LogP contribution in [0.1, 0.15) is 84.0 Å². The highest BCUT2D eigenvalue weighted by Gasteiger charge is 2.42. The fourth-order valence-electron chi connectivity index (χ4n) is 3.72. The van der Waals surface area contributed by atoms with Crippen molar-refractivity contribution in [3.8, 4) is 0 Å². The molecule has 0 bridgehead atoms. The van der Waals surface area contributed by atoms with E-state index in [4.69, 9.17) is 0 Å². The highest BCUT2D eigenvalue weighted by atomic mass is 16.6. The molecule has 0 aliphatic carbocycles. The minimum absolute atomic E-state index is 0.0475. The minimum atomic E-state index is -1.90. The molecule has 0 heterocycles. The highest BCUT2D eigenvalue weighted by Crippen LogP contribution is 2.21. The lowest BCUT2D eigenvalue weighted by Crippen LogP contribution is -2.46. The highest BCUT2D eigenvalue weighted by molar-refractivity contribution is 5.50. The van der Waals surface area contributed by atoms with Gasteiger partial charge in [-0.1, -0.05) is 45.4 Å². The molecule has 191 valence electrons. The molecule has 0 amide bonds. The molecule has 0 aromatic rings. The van der Waals surface area contributed by atoms with Crippen LogP contribution in [0.4, 0.5) is 0 Å². The van der Waals surface area contributed by atoms with Crippen molar-refractivity contribution < 1.29 is 34.9 Å². The predicted octanol–water partition coefficient (Wildman–Crippen LogP) is 1.82. The summed E-state index contributed by atoms with van der Waals surface area (Å²) in [5, 5.41) is 64.7. The summed E-state index contributed by atoms with van der Waals surface area (Å²) in [6, 6.07) is -5.15. The Hall–Kier alpha value is -2.25. The number of hydrogen-bond acceptors (Lipinski definition) is 10. The summed E-state index contributed by atoms with van der Waals surface area (Å²) in [4.78, 5) is 41.7. The van der Waals surface area contributed by atoms with Crippen molar-refractivity contribution in [1.29, 1.82) is 0 Å². The number of unbranched alkanes of at least 4 members (excludes halogenated alkanes) is 6. The van der Waals surface area contributed by atoms with Gasteiger partial charge < -0.3 is 15.3 Å². The first-order chi connectivity index (χ1) is 15.6. The van der Waals surface area contributed by atoms with Gasteiger partial charge in [0.1, 0.15) is 18.3 Å². The van der Waals surface area contributed by atoms with Crippen molar-refractivity contribution >= 4 is 6.29 Å². The van der Waals surface area contributed by atoms with Gasteiger partial charge in [-0.3, -0.25) is 35.1 Å². The summed E-state index contributed by atoms with van der Waals surface area (Å²) in [5.74, 6) is 0. The van der Waals surface area contributed by atoms with E-state index >= 15 is 0 Å². The van der Waals surface area contributed by atoms with Crippen LogP contribution in [-0.2, 0) is 4.79 Å². The SMILES string of the molecule is CCCCCCCCC(O)C(CC(O)C(CC(O)C(CCC[C]=O)[N+](=O)[O-])[N+](=O)[O-])[N+](=O)[O-].